The predicted octanol–water partition coefficient (Wildman–Crippen LogP) is 2.75. The maximum Gasteiger partial charge on any atom is 0.222 e. The number of nitrogens with one attached hydrogen (secondary N) is 1. The molecule has 0 fully saturated rings. The maximum atomic E-state index is 13.9. The maximum absolute atomic E-state index is 13.9. The molecular formula is C17H20FN3O2. The van der Waals surface area contributed by atoms with Gasteiger partial charge in [0.25, 0.3) is 0 Å². The van der Waals surface area contributed by atoms with Crippen LogP contribution in [0.15, 0.2) is 30.6 Å². The van der Waals surface area contributed by atoms with Crippen molar-refractivity contribution < 1.29 is 13.9 Å². The third-order valence-electron chi connectivity index (χ3n) is 3.92. The number of carbonyl (C=O) groups excluding carboxylic acids is 1. The monoisotopic (exact) mass is 317 g/mol. The molecule has 1 unspecified atom stereocenters. The van der Waals surface area contributed by atoms with Crippen LogP contribution in [0.25, 0.3) is 0 Å². The number of rotatable bonds is 4. The summed E-state index contributed by atoms with van der Waals surface area (Å²) in [7, 11) is 0. The molecule has 5 nitrogen and oxygen atoms in total. The van der Waals surface area contributed by atoms with Crippen molar-refractivity contribution in [1.82, 2.24) is 15.1 Å². The van der Waals surface area contributed by atoms with E-state index < -0.39 is 0 Å². The van der Waals surface area contributed by atoms with Crippen LogP contribution in [-0.2, 0) is 11.3 Å². The summed E-state index contributed by atoms with van der Waals surface area (Å²) < 4.78 is 21.1. The van der Waals surface area contributed by atoms with Gasteiger partial charge in [0.2, 0.25) is 5.91 Å². The molecule has 1 aliphatic heterocycles. The summed E-state index contributed by atoms with van der Waals surface area (Å²) in [5.41, 5.74) is 1.78. The Labute approximate surface area is 134 Å². The molecule has 6 heteroatoms. The molecule has 0 spiro atoms. The van der Waals surface area contributed by atoms with E-state index >= 15 is 0 Å². The Hall–Kier alpha value is -2.37. The zero-order chi connectivity index (χ0) is 16.2. The van der Waals surface area contributed by atoms with E-state index in [1.54, 1.807) is 16.9 Å². The number of aromatic nitrogens is 2. The van der Waals surface area contributed by atoms with E-state index in [9.17, 15) is 9.18 Å². The smallest absolute Gasteiger partial charge is 0.222 e. The van der Waals surface area contributed by atoms with Gasteiger partial charge in [-0.3, -0.25) is 9.48 Å². The summed E-state index contributed by atoms with van der Waals surface area (Å²) in [4.78, 5) is 12.2. The van der Waals surface area contributed by atoms with Crippen LogP contribution in [0.5, 0.6) is 5.75 Å². The first-order valence-corrected chi connectivity index (χ1v) is 7.83. The molecule has 0 saturated heterocycles. The number of aryl methyl sites for hydroxylation is 2. The number of carbonyl (C=O) groups is 1. The van der Waals surface area contributed by atoms with Gasteiger partial charge in [-0.05, 0) is 31.4 Å². The molecule has 0 aliphatic carbocycles. The molecule has 0 radical (unpaired) electrons. The van der Waals surface area contributed by atoms with E-state index in [0.717, 1.165) is 18.4 Å². The second kappa shape index (κ2) is 6.81. The van der Waals surface area contributed by atoms with Crippen molar-refractivity contribution in [1.29, 1.82) is 0 Å². The Bertz CT molecular complexity index is 699. The number of halogens is 1. The number of amides is 1. The lowest BCUT2D eigenvalue weighted by atomic mass is 10.0. The van der Waals surface area contributed by atoms with Crippen LogP contribution < -0.4 is 10.1 Å². The largest absolute Gasteiger partial charge is 0.490 e. The number of benzene rings is 1. The van der Waals surface area contributed by atoms with Gasteiger partial charge in [-0.2, -0.15) is 5.10 Å². The Kier molecular flexibility index (Phi) is 4.60. The zero-order valence-corrected chi connectivity index (χ0v) is 13.1. The van der Waals surface area contributed by atoms with Crippen molar-refractivity contribution in [3.63, 3.8) is 0 Å². The van der Waals surface area contributed by atoms with Crippen molar-refractivity contribution in [2.45, 2.75) is 38.8 Å². The van der Waals surface area contributed by atoms with Crippen LogP contribution in [0.3, 0.4) is 0 Å². The van der Waals surface area contributed by atoms with Gasteiger partial charge in [-0.1, -0.05) is 12.1 Å². The molecule has 1 aromatic carbocycles. The number of fused-ring (bicyclic) bond motifs is 1. The van der Waals surface area contributed by atoms with E-state index in [2.05, 4.69) is 10.4 Å². The van der Waals surface area contributed by atoms with E-state index in [1.165, 1.54) is 6.07 Å². The van der Waals surface area contributed by atoms with E-state index in [4.69, 9.17) is 4.74 Å². The highest BCUT2D eigenvalue weighted by atomic mass is 19.1. The van der Waals surface area contributed by atoms with Crippen molar-refractivity contribution in [2.24, 2.45) is 0 Å². The molecule has 2 heterocycles. The van der Waals surface area contributed by atoms with Gasteiger partial charge in [0, 0.05) is 24.7 Å². The quantitative estimate of drug-likeness (QED) is 0.943. The summed E-state index contributed by atoms with van der Waals surface area (Å²) in [5.74, 6) is -0.186. The Morgan fingerprint density at radius 2 is 2.39 bits per heavy atom. The minimum Gasteiger partial charge on any atom is -0.490 e. The lowest BCUT2D eigenvalue weighted by molar-refractivity contribution is -0.122. The highest BCUT2D eigenvalue weighted by Crippen LogP contribution is 2.33. The first-order valence-electron chi connectivity index (χ1n) is 7.83. The number of hydrogen-bond donors (Lipinski definition) is 1. The van der Waals surface area contributed by atoms with Gasteiger partial charge in [0.05, 0.1) is 18.8 Å². The fourth-order valence-corrected chi connectivity index (χ4v) is 2.79. The number of para-hydroxylation sites is 1. The molecular weight excluding hydrogens is 297 g/mol. The molecule has 1 N–H and O–H groups in total. The minimum absolute atomic E-state index is 0.0692. The number of hydrogen-bond acceptors (Lipinski definition) is 3. The van der Waals surface area contributed by atoms with E-state index in [-0.39, 0.29) is 23.5 Å². The van der Waals surface area contributed by atoms with Gasteiger partial charge in [0.1, 0.15) is 0 Å². The van der Waals surface area contributed by atoms with Gasteiger partial charge in [-0.15, -0.1) is 0 Å². The van der Waals surface area contributed by atoms with Gasteiger partial charge < -0.3 is 10.1 Å². The Balaban J connectivity index is 1.65. The molecule has 23 heavy (non-hydrogen) atoms. The topological polar surface area (TPSA) is 56.2 Å². The van der Waals surface area contributed by atoms with Crippen molar-refractivity contribution in [2.75, 3.05) is 6.61 Å². The fourth-order valence-electron chi connectivity index (χ4n) is 2.79. The second-order valence-electron chi connectivity index (χ2n) is 5.80. The van der Waals surface area contributed by atoms with Gasteiger partial charge in [-0.25, -0.2) is 4.39 Å². The predicted molar refractivity (Wildman–Crippen MR) is 83.6 cm³/mol. The van der Waals surface area contributed by atoms with E-state index in [0.29, 0.717) is 25.1 Å². The normalized spacial score (nSPS) is 17.0. The number of ether oxygens (including phenoxy) is 1. The summed E-state index contributed by atoms with van der Waals surface area (Å²) in [6, 6.07) is 4.62. The van der Waals surface area contributed by atoms with E-state index in [1.807, 2.05) is 19.2 Å². The van der Waals surface area contributed by atoms with Crippen LogP contribution in [-0.4, -0.2) is 22.3 Å². The fraction of sp³-hybridized carbons (Fsp3) is 0.412. The highest BCUT2D eigenvalue weighted by Gasteiger charge is 2.23. The van der Waals surface area contributed by atoms with Crippen LogP contribution in [0.4, 0.5) is 4.39 Å². The van der Waals surface area contributed by atoms with Gasteiger partial charge >= 0.3 is 0 Å². The molecule has 1 aromatic heterocycles. The van der Waals surface area contributed by atoms with Crippen LogP contribution in [0.2, 0.25) is 0 Å². The lowest BCUT2D eigenvalue weighted by Crippen LogP contribution is -2.29. The summed E-state index contributed by atoms with van der Waals surface area (Å²) in [5, 5.41) is 7.16. The average molecular weight is 317 g/mol. The molecule has 0 saturated carbocycles. The van der Waals surface area contributed by atoms with Crippen molar-refractivity contribution >= 4 is 5.91 Å². The standard InChI is InChI=1S/C17H20FN3O2/c1-12-10-19-21(11-12)8-7-16(22)20-15-6-3-9-23-17-13(15)4-2-5-14(17)18/h2,4-5,10-11,15H,3,6-9H2,1H3,(H,20,22). The molecule has 2 aromatic rings. The number of nitrogens with zero attached hydrogens (tertiary/aromatic N) is 2. The zero-order valence-electron chi connectivity index (χ0n) is 13.1. The average Bonchev–Trinajstić information content (AvgIpc) is 2.83. The SMILES string of the molecule is Cc1cnn(CCC(=O)NC2CCCOc3c(F)cccc32)c1. The van der Waals surface area contributed by atoms with Crippen LogP contribution in [0, 0.1) is 12.7 Å². The molecule has 1 amide bonds. The van der Waals surface area contributed by atoms with Crippen LogP contribution >= 0.6 is 0 Å². The van der Waals surface area contributed by atoms with Crippen molar-refractivity contribution in [3.05, 3.63) is 47.5 Å². The molecule has 1 aliphatic rings. The Morgan fingerprint density at radius 3 is 3.17 bits per heavy atom. The minimum atomic E-state index is -0.379. The first kappa shape index (κ1) is 15.5. The third-order valence-corrected chi connectivity index (χ3v) is 3.92. The second-order valence-corrected chi connectivity index (χ2v) is 5.80. The lowest BCUT2D eigenvalue weighted by Gasteiger charge is -2.18. The first-order chi connectivity index (χ1) is 11.1. The highest BCUT2D eigenvalue weighted by molar-refractivity contribution is 5.76. The third kappa shape index (κ3) is 3.70. The summed E-state index contributed by atoms with van der Waals surface area (Å²) >= 11 is 0. The van der Waals surface area contributed by atoms with Crippen LogP contribution in [0.1, 0.15) is 36.4 Å². The molecule has 3 rings (SSSR count). The molecule has 122 valence electrons. The summed E-state index contributed by atoms with van der Waals surface area (Å²) in [6.45, 7) is 2.95. The molecule has 1 atom stereocenters. The molecule has 0 bridgehead atoms. The van der Waals surface area contributed by atoms with Gasteiger partial charge in [0.15, 0.2) is 11.6 Å². The van der Waals surface area contributed by atoms with Crippen molar-refractivity contribution in [3.8, 4) is 5.75 Å². The Morgan fingerprint density at radius 1 is 1.52 bits per heavy atom. The summed E-state index contributed by atoms with van der Waals surface area (Å²) in [6.07, 6.45) is 5.51.